The number of aryl methyl sites for hydroxylation is 1. The van der Waals surface area contributed by atoms with Crippen LogP contribution in [0.3, 0.4) is 0 Å². The standard InChI is InChI=1S/C21H17Cl2N3O3/c1-12-10-18(24-11-15(12)13-6-8-14(22)9-7-13)25-21(28)26-20(27)19-16(23)4-3-5-17(19)29-2/h3-11H,1-2H3,(H2,24,25,26,27,28). The molecule has 0 saturated carbocycles. The van der Waals surface area contributed by atoms with E-state index in [1.165, 1.54) is 13.2 Å². The van der Waals surface area contributed by atoms with E-state index < -0.39 is 11.9 Å². The van der Waals surface area contributed by atoms with Crippen LogP contribution in [-0.2, 0) is 0 Å². The number of nitrogens with zero attached hydrogens (tertiary/aromatic N) is 1. The highest BCUT2D eigenvalue weighted by Crippen LogP contribution is 2.27. The third-order valence-corrected chi connectivity index (χ3v) is 4.72. The van der Waals surface area contributed by atoms with Crippen molar-refractivity contribution in [2.75, 3.05) is 12.4 Å². The number of imide groups is 1. The Hall–Kier alpha value is -3.09. The molecule has 3 rings (SSSR count). The maximum Gasteiger partial charge on any atom is 0.327 e. The maximum absolute atomic E-state index is 12.4. The molecule has 3 amide bonds. The van der Waals surface area contributed by atoms with E-state index >= 15 is 0 Å². The molecule has 8 heteroatoms. The molecule has 148 valence electrons. The molecule has 0 aliphatic heterocycles. The van der Waals surface area contributed by atoms with Crippen LogP contribution in [0.1, 0.15) is 15.9 Å². The van der Waals surface area contributed by atoms with Crippen LogP contribution in [0.15, 0.2) is 54.7 Å². The van der Waals surface area contributed by atoms with Gasteiger partial charge in [0.1, 0.15) is 17.1 Å². The maximum atomic E-state index is 12.4. The molecular formula is C21H17Cl2N3O3. The Morgan fingerprint density at radius 1 is 1.07 bits per heavy atom. The molecule has 0 fully saturated rings. The van der Waals surface area contributed by atoms with Gasteiger partial charge in [0.05, 0.1) is 12.1 Å². The number of carbonyl (C=O) groups excluding carboxylic acids is 2. The number of ether oxygens (including phenoxy) is 1. The van der Waals surface area contributed by atoms with Crippen molar-refractivity contribution in [1.29, 1.82) is 0 Å². The zero-order chi connectivity index (χ0) is 21.0. The van der Waals surface area contributed by atoms with Crippen LogP contribution in [0.4, 0.5) is 10.6 Å². The molecule has 6 nitrogen and oxygen atoms in total. The number of hydrogen-bond acceptors (Lipinski definition) is 4. The number of urea groups is 1. The van der Waals surface area contributed by atoms with E-state index in [0.717, 1.165) is 16.7 Å². The van der Waals surface area contributed by atoms with Crippen LogP contribution < -0.4 is 15.4 Å². The molecule has 0 unspecified atom stereocenters. The lowest BCUT2D eigenvalue weighted by molar-refractivity contribution is 0.0964. The van der Waals surface area contributed by atoms with Crippen molar-refractivity contribution in [2.45, 2.75) is 6.92 Å². The minimum atomic E-state index is -0.733. The summed E-state index contributed by atoms with van der Waals surface area (Å²) in [5.74, 6) is -0.111. The van der Waals surface area contributed by atoms with Gasteiger partial charge in [0.15, 0.2) is 0 Å². The number of benzene rings is 2. The van der Waals surface area contributed by atoms with E-state index in [1.54, 1.807) is 36.5 Å². The van der Waals surface area contributed by atoms with Crippen LogP contribution >= 0.6 is 23.2 Å². The molecule has 0 bridgehead atoms. The molecule has 0 radical (unpaired) electrons. The molecule has 0 aliphatic carbocycles. The molecule has 0 aliphatic rings. The molecule has 2 N–H and O–H groups in total. The second-order valence-corrected chi connectivity index (χ2v) is 6.96. The third kappa shape index (κ3) is 4.85. The average Bonchev–Trinajstić information content (AvgIpc) is 2.68. The van der Waals surface area contributed by atoms with Gasteiger partial charge in [0, 0.05) is 16.8 Å². The zero-order valence-electron chi connectivity index (χ0n) is 15.6. The number of amides is 3. The smallest absolute Gasteiger partial charge is 0.327 e. The van der Waals surface area contributed by atoms with Crippen LogP contribution in [0.2, 0.25) is 10.0 Å². The van der Waals surface area contributed by atoms with Crippen molar-refractivity contribution in [2.24, 2.45) is 0 Å². The molecular weight excluding hydrogens is 413 g/mol. The van der Waals surface area contributed by atoms with Crippen molar-refractivity contribution < 1.29 is 14.3 Å². The molecule has 0 atom stereocenters. The summed E-state index contributed by atoms with van der Waals surface area (Å²) < 4.78 is 5.13. The van der Waals surface area contributed by atoms with Crippen LogP contribution in [0.25, 0.3) is 11.1 Å². The fourth-order valence-corrected chi connectivity index (χ4v) is 3.14. The van der Waals surface area contributed by atoms with Gasteiger partial charge in [-0.05, 0) is 48.4 Å². The van der Waals surface area contributed by atoms with Crippen molar-refractivity contribution in [3.8, 4) is 16.9 Å². The number of anilines is 1. The van der Waals surface area contributed by atoms with Gasteiger partial charge < -0.3 is 4.74 Å². The van der Waals surface area contributed by atoms with E-state index in [0.29, 0.717) is 10.8 Å². The first-order chi connectivity index (χ1) is 13.9. The Morgan fingerprint density at radius 2 is 1.79 bits per heavy atom. The van der Waals surface area contributed by atoms with Gasteiger partial charge in [-0.3, -0.25) is 15.4 Å². The summed E-state index contributed by atoms with van der Waals surface area (Å²) in [4.78, 5) is 28.9. The second kappa shape index (κ2) is 8.94. The first kappa shape index (κ1) is 20.6. The van der Waals surface area contributed by atoms with Gasteiger partial charge in [-0.15, -0.1) is 0 Å². The van der Waals surface area contributed by atoms with Crippen LogP contribution in [0.5, 0.6) is 5.75 Å². The predicted molar refractivity (Wildman–Crippen MR) is 114 cm³/mol. The van der Waals surface area contributed by atoms with Gasteiger partial charge in [0.2, 0.25) is 0 Å². The Bertz CT molecular complexity index is 1070. The highest BCUT2D eigenvalue weighted by atomic mass is 35.5. The normalized spacial score (nSPS) is 10.3. The molecule has 2 aromatic carbocycles. The summed E-state index contributed by atoms with van der Waals surface area (Å²) >= 11 is 12.0. The molecule has 3 aromatic rings. The number of aromatic nitrogens is 1. The lowest BCUT2D eigenvalue weighted by atomic mass is 10.0. The molecule has 0 saturated heterocycles. The van der Waals surface area contributed by atoms with E-state index in [9.17, 15) is 9.59 Å². The first-order valence-corrected chi connectivity index (χ1v) is 9.32. The number of rotatable bonds is 4. The SMILES string of the molecule is COc1cccc(Cl)c1C(=O)NC(=O)Nc1cc(C)c(-c2ccc(Cl)cc2)cn1. The van der Waals surface area contributed by atoms with Gasteiger partial charge in [0.25, 0.3) is 5.91 Å². The summed E-state index contributed by atoms with van der Waals surface area (Å²) in [5.41, 5.74) is 2.84. The highest BCUT2D eigenvalue weighted by Gasteiger charge is 2.19. The number of pyridine rings is 1. The number of nitrogens with one attached hydrogen (secondary N) is 2. The minimum Gasteiger partial charge on any atom is -0.496 e. The first-order valence-electron chi connectivity index (χ1n) is 8.56. The fourth-order valence-electron chi connectivity index (χ4n) is 2.76. The molecule has 29 heavy (non-hydrogen) atoms. The fraction of sp³-hybridized carbons (Fsp3) is 0.0952. The number of halogens is 2. The van der Waals surface area contributed by atoms with Crippen molar-refractivity contribution in [3.05, 3.63) is 75.9 Å². The summed E-state index contributed by atoms with van der Waals surface area (Å²) in [6, 6.07) is 13.1. The number of methoxy groups -OCH3 is 1. The quantitative estimate of drug-likeness (QED) is 0.586. The predicted octanol–water partition coefficient (Wildman–Crippen LogP) is 5.33. The van der Waals surface area contributed by atoms with Crippen molar-refractivity contribution in [1.82, 2.24) is 10.3 Å². The number of carbonyl (C=O) groups is 2. The van der Waals surface area contributed by atoms with E-state index in [4.69, 9.17) is 27.9 Å². The number of hydrogen-bond donors (Lipinski definition) is 2. The van der Waals surface area contributed by atoms with Gasteiger partial charge in [-0.2, -0.15) is 0 Å². The van der Waals surface area contributed by atoms with Gasteiger partial charge in [-0.25, -0.2) is 9.78 Å². The van der Waals surface area contributed by atoms with Crippen LogP contribution in [0, 0.1) is 6.92 Å². The van der Waals surface area contributed by atoms with Gasteiger partial charge in [-0.1, -0.05) is 41.4 Å². The monoisotopic (exact) mass is 429 g/mol. The Labute approximate surface area is 177 Å². The topological polar surface area (TPSA) is 80.3 Å². The largest absolute Gasteiger partial charge is 0.496 e. The van der Waals surface area contributed by atoms with E-state index in [-0.39, 0.29) is 16.3 Å². The lowest BCUT2D eigenvalue weighted by Gasteiger charge is -2.12. The van der Waals surface area contributed by atoms with Gasteiger partial charge >= 0.3 is 6.03 Å². The zero-order valence-corrected chi connectivity index (χ0v) is 17.1. The van der Waals surface area contributed by atoms with E-state index in [2.05, 4.69) is 15.6 Å². The summed E-state index contributed by atoms with van der Waals surface area (Å²) in [7, 11) is 1.41. The average molecular weight is 430 g/mol. The molecule has 0 spiro atoms. The highest BCUT2D eigenvalue weighted by molar-refractivity contribution is 6.34. The van der Waals surface area contributed by atoms with Crippen molar-refractivity contribution in [3.63, 3.8) is 0 Å². The third-order valence-electron chi connectivity index (χ3n) is 4.16. The Balaban J connectivity index is 1.72. The van der Waals surface area contributed by atoms with Crippen molar-refractivity contribution >= 4 is 41.0 Å². The molecule has 1 aromatic heterocycles. The molecule has 1 heterocycles. The Morgan fingerprint density at radius 3 is 2.45 bits per heavy atom. The Kier molecular flexibility index (Phi) is 6.36. The minimum absolute atomic E-state index is 0.0778. The summed E-state index contributed by atoms with van der Waals surface area (Å²) in [5, 5.41) is 5.59. The second-order valence-electron chi connectivity index (χ2n) is 6.12. The lowest BCUT2D eigenvalue weighted by Crippen LogP contribution is -2.35. The summed E-state index contributed by atoms with van der Waals surface area (Å²) in [6.45, 7) is 1.90. The summed E-state index contributed by atoms with van der Waals surface area (Å²) in [6.07, 6.45) is 1.65. The van der Waals surface area contributed by atoms with Crippen LogP contribution in [-0.4, -0.2) is 24.0 Å². The van der Waals surface area contributed by atoms with E-state index in [1.807, 2.05) is 19.1 Å².